The van der Waals surface area contributed by atoms with Crippen molar-refractivity contribution >= 4 is 0 Å². The summed E-state index contributed by atoms with van der Waals surface area (Å²) in [5.41, 5.74) is 2.37. The number of aromatic nitrogens is 2. The van der Waals surface area contributed by atoms with Gasteiger partial charge in [-0.15, -0.1) is 0 Å². The van der Waals surface area contributed by atoms with Crippen LogP contribution in [0.5, 0.6) is 0 Å². The van der Waals surface area contributed by atoms with Gasteiger partial charge in [0, 0.05) is 25.2 Å². The van der Waals surface area contributed by atoms with Gasteiger partial charge in [0.1, 0.15) is 5.82 Å². The standard InChI is InChI=1S/C14H23N3/c1-10(2)4-7-14-16-8-11(3)13(17-14)9-15-12-5-6-12/h8,10,12,15H,4-7,9H2,1-3H3. The van der Waals surface area contributed by atoms with Gasteiger partial charge in [-0.2, -0.15) is 0 Å². The fourth-order valence-electron chi connectivity index (χ4n) is 1.76. The molecule has 1 heterocycles. The monoisotopic (exact) mass is 233 g/mol. The van der Waals surface area contributed by atoms with Crippen molar-refractivity contribution in [1.82, 2.24) is 15.3 Å². The van der Waals surface area contributed by atoms with E-state index >= 15 is 0 Å². The first-order valence-electron chi connectivity index (χ1n) is 6.70. The maximum atomic E-state index is 4.67. The molecule has 0 radical (unpaired) electrons. The zero-order chi connectivity index (χ0) is 12.3. The summed E-state index contributed by atoms with van der Waals surface area (Å²) >= 11 is 0. The first kappa shape index (κ1) is 12.5. The highest BCUT2D eigenvalue weighted by Gasteiger charge is 2.20. The van der Waals surface area contributed by atoms with Gasteiger partial charge in [0.15, 0.2) is 0 Å². The highest BCUT2D eigenvalue weighted by molar-refractivity contribution is 5.16. The molecule has 3 nitrogen and oxygen atoms in total. The Labute approximate surface area is 104 Å². The van der Waals surface area contributed by atoms with Crippen LogP contribution < -0.4 is 5.32 Å². The molecule has 0 unspecified atom stereocenters. The lowest BCUT2D eigenvalue weighted by atomic mass is 10.1. The third kappa shape index (κ3) is 4.08. The second-order valence-electron chi connectivity index (χ2n) is 5.50. The molecule has 0 spiro atoms. The fraction of sp³-hybridized carbons (Fsp3) is 0.714. The van der Waals surface area contributed by atoms with E-state index in [2.05, 4.69) is 36.1 Å². The van der Waals surface area contributed by atoms with Gasteiger partial charge < -0.3 is 5.32 Å². The van der Waals surface area contributed by atoms with E-state index in [1.165, 1.54) is 30.5 Å². The van der Waals surface area contributed by atoms with Gasteiger partial charge in [-0.25, -0.2) is 9.97 Å². The molecular formula is C14H23N3. The molecule has 0 amide bonds. The van der Waals surface area contributed by atoms with Gasteiger partial charge in [-0.05, 0) is 37.7 Å². The van der Waals surface area contributed by atoms with E-state index in [-0.39, 0.29) is 0 Å². The minimum atomic E-state index is 0.716. The summed E-state index contributed by atoms with van der Waals surface area (Å²) in [6, 6.07) is 0.739. The maximum absolute atomic E-state index is 4.67. The number of hydrogen-bond donors (Lipinski definition) is 1. The number of nitrogens with zero attached hydrogens (tertiary/aromatic N) is 2. The molecule has 0 saturated heterocycles. The predicted octanol–water partition coefficient (Wildman–Crippen LogP) is 2.63. The van der Waals surface area contributed by atoms with Crippen LogP contribution >= 0.6 is 0 Å². The smallest absolute Gasteiger partial charge is 0.128 e. The predicted molar refractivity (Wildman–Crippen MR) is 69.8 cm³/mol. The summed E-state index contributed by atoms with van der Waals surface area (Å²) in [6.07, 6.45) is 6.77. The molecule has 1 fully saturated rings. The van der Waals surface area contributed by atoms with Crippen molar-refractivity contribution in [2.24, 2.45) is 5.92 Å². The SMILES string of the molecule is Cc1cnc(CCC(C)C)nc1CNC1CC1. The topological polar surface area (TPSA) is 37.8 Å². The Bertz CT molecular complexity index is 370. The van der Waals surface area contributed by atoms with Crippen LogP contribution in [0, 0.1) is 12.8 Å². The normalized spacial score (nSPS) is 15.5. The summed E-state index contributed by atoms with van der Waals surface area (Å²) in [5.74, 6) is 1.71. The van der Waals surface area contributed by atoms with E-state index in [0.29, 0.717) is 5.92 Å². The van der Waals surface area contributed by atoms with Gasteiger partial charge in [-0.1, -0.05) is 13.8 Å². The van der Waals surface area contributed by atoms with Crippen molar-refractivity contribution in [2.75, 3.05) is 0 Å². The first-order valence-corrected chi connectivity index (χ1v) is 6.70. The second kappa shape index (κ2) is 5.58. The van der Waals surface area contributed by atoms with E-state index in [1.807, 2.05) is 6.20 Å². The molecule has 94 valence electrons. The molecule has 0 atom stereocenters. The lowest BCUT2D eigenvalue weighted by Crippen LogP contribution is -2.18. The molecular weight excluding hydrogens is 210 g/mol. The molecule has 1 aromatic heterocycles. The molecule has 1 aliphatic carbocycles. The molecule has 3 heteroatoms. The summed E-state index contributed by atoms with van der Waals surface area (Å²) in [7, 11) is 0. The van der Waals surface area contributed by atoms with Crippen LogP contribution in [0.2, 0.25) is 0 Å². The average Bonchev–Trinajstić information content (AvgIpc) is 3.10. The van der Waals surface area contributed by atoms with Crippen LogP contribution in [0.1, 0.15) is 50.2 Å². The molecule has 1 aromatic rings. The van der Waals surface area contributed by atoms with Crippen LogP contribution in [0.25, 0.3) is 0 Å². The van der Waals surface area contributed by atoms with Crippen LogP contribution in [0.3, 0.4) is 0 Å². The van der Waals surface area contributed by atoms with Crippen molar-refractivity contribution < 1.29 is 0 Å². The minimum absolute atomic E-state index is 0.716. The lowest BCUT2D eigenvalue weighted by molar-refractivity contribution is 0.570. The summed E-state index contributed by atoms with van der Waals surface area (Å²) in [4.78, 5) is 9.09. The number of aryl methyl sites for hydroxylation is 2. The average molecular weight is 233 g/mol. The van der Waals surface area contributed by atoms with Crippen molar-refractivity contribution in [2.45, 2.75) is 59.0 Å². The van der Waals surface area contributed by atoms with Crippen LogP contribution in [0.4, 0.5) is 0 Å². The third-order valence-electron chi connectivity index (χ3n) is 3.21. The first-order chi connectivity index (χ1) is 8.15. The molecule has 2 rings (SSSR count). The van der Waals surface area contributed by atoms with Gasteiger partial charge in [0.25, 0.3) is 0 Å². The lowest BCUT2D eigenvalue weighted by Gasteiger charge is -2.09. The Morgan fingerprint density at radius 1 is 1.41 bits per heavy atom. The number of rotatable bonds is 6. The molecule has 0 aromatic carbocycles. The van der Waals surface area contributed by atoms with Crippen LogP contribution in [-0.4, -0.2) is 16.0 Å². The van der Waals surface area contributed by atoms with E-state index in [0.717, 1.165) is 24.8 Å². The van der Waals surface area contributed by atoms with Crippen molar-refractivity contribution in [3.63, 3.8) is 0 Å². The zero-order valence-corrected chi connectivity index (χ0v) is 11.2. The number of hydrogen-bond acceptors (Lipinski definition) is 3. The van der Waals surface area contributed by atoms with E-state index in [1.54, 1.807) is 0 Å². The Kier molecular flexibility index (Phi) is 4.11. The second-order valence-corrected chi connectivity index (χ2v) is 5.50. The zero-order valence-electron chi connectivity index (χ0n) is 11.2. The van der Waals surface area contributed by atoms with Gasteiger partial charge in [-0.3, -0.25) is 0 Å². The Balaban J connectivity index is 1.94. The molecule has 0 bridgehead atoms. The Morgan fingerprint density at radius 3 is 2.82 bits per heavy atom. The fourth-order valence-corrected chi connectivity index (χ4v) is 1.76. The summed E-state index contributed by atoms with van der Waals surface area (Å²) in [5, 5.41) is 3.52. The van der Waals surface area contributed by atoms with Crippen LogP contribution in [-0.2, 0) is 13.0 Å². The Morgan fingerprint density at radius 2 is 2.18 bits per heavy atom. The molecule has 1 saturated carbocycles. The molecule has 1 aliphatic rings. The quantitative estimate of drug-likeness (QED) is 0.820. The summed E-state index contributed by atoms with van der Waals surface area (Å²) < 4.78 is 0. The van der Waals surface area contributed by atoms with Crippen LogP contribution in [0.15, 0.2) is 6.20 Å². The molecule has 17 heavy (non-hydrogen) atoms. The highest BCUT2D eigenvalue weighted by atomic mass is 15.0. The molecule has 1 N–H and O–H groups in total. The highest BCUT2D eigenvalue weighted by Crippen LogP contribution is 2.19. The molecule has 0 aliphatic heterocycles. The van der Waals surface area contributed by atoms with Crippen molar-refractivity contribution in [3.8, 4) is 0 Å². The maximum Gasteiger partial charge on any atom is 0.128 e. The van der Waals surface area contributed by atoms with E-state index in [9.17, 15) is 0 Å². The van der Waals surface area contributed by atoms with Crippen molar-refractivity contribution in [1.29, 1.82) is 0 Å². The van der Waals surface area contributed by atoms with Gasteiger partial charge >= 0.3 is 0 Å². The Hall–Kier alpha value is -0.960. The number of nitrogens with one attached hydrogen (secondary N) is 1. The van der Waals surface area contributed by atoms with Crippen molar-refractivity contribution in [3.05, 3.63) is 23.3 Å². The minimum Gasteiger partial charge on any atom is -0.308 e. The summed E-state index contributed by atoms with van der Waals surface area (Å²) in [6.45, 7) is 7.47. The van der Waals surface area contributed by atoms with Gasteiger partial charge in [0.05, 0.1) is 5.69 Å². The van der Waals surface area contributed by atoms with E-state index < -0.39 is 0 Å². The largest absolute Gasteiger partial charge is 0.308 e. The van der Waals surface area contributed by atoms with Gasteiger partial charge in [0.2, 0.25) is 0 Å². The third-order valence-corrected chi connectivity index (χ3v) is 3.21. The van der Waals surface area contributed by atoms with E-state index in [4.69, 9.17) is 0 Å².